The van der Waals surface area contributed by atoms with Crippen molar-refractivity contribution in [1.29, 1.82) is 0 Å². The Balaban J connectivity index is 1.24. The number of hydrogen-bond donors (Lipinski definition) is 2. The summed E-state index contributed by atoms with van der Waals surface area (Å²) in [6, 6.07) is 3.99. The molecule has 1 aromatic carbocycles. The smallest absolute Gasteiger partial charge is 0.320 e. The highest BCUT2D eigenvalue weighted by Crippen LogP contribution is 2.29. The third-order valence-electron chi connectivity index (χ3n) is 5.47. The fourth-order valence-electron chi connectivity index (χ4n) is 3.72. The van der Waals surface area contributed by atoms with Crippen LogP contribution >= 0.6 is 0 Å². The first-order valence-electron chi connectivity index (χ1n) is 10.5. The van der Waals surface area contributed by atoms with Crippen LogP contribution in [0.25, 0.3) is 0 Å². The molecule has 4 rings (SSSR count). The van der Waals surface area contributed by atoms with Crippen molar-refractivity contribution in [1.82, 2.24) is 24.9 Å². The number of ether oxygens (including phenoxy) is 2. The molecule has 0 unspecified atom stereocenters. The summed E-state index contributed by atoms with van der Waals surface area (Å²) in [5, 5.41) is 9.60. The van der Waals surface area contributed by atoms with Crippen molar-refractivity contribution in [2.75, 3.05) is 51.9 Å². The standard InChI is InChI=1S/C21H27FN6O4/c1-26-6-8-27(9-7-26)19(29)12-28-5-3-18(25-28)24-21(30)23-4-2-15-10-17(22)11-16-13-31-14-32-20(15)16/h3,5,10-11H,2,4,6-9,12-14H2,1H3,(H2,23,24,25,30). The number of benzene rings is 1. The number of carbonyl (C=O) groups is 2. The molecule has 2 N–H and O–H groups in total. The van der Waals surface area contributed by atoms with Gasteiger partial charge in [-0.15, -0.1) is 0 Å². The number of nitrogens with zero attached hydrogens (tertiary/aromatic N) is 4. The quantitative estimate of drug-likeness (QED) is 0.688. The predicted octanol–water partition coefficient (Wildman–Crippen LogP) is 1.03. The van der Waals surface area contributed by atoms with Crippen LogP contribution in [0.5, 0.6) is 5.75 Å². The molecule has 0 bridgehead atoms. The highest BCUT2D eigenvalue weighted by molar-refractivity contribution is 5.88. The number of likely N-dealkylation sites (N-methyl/N-ethyl adjacent to an activating group) is 1. The number of urea groups is 1. The van der Waals surface area contributed by atoms with Crippen molar-refractivity contribution in [3.63, 3.8) is 0 Å². The highest BCUT2D eigenvalue weighted by Gasteiger charge is 2.20. The number of nitrogens with one attached hydrogen (secondary N) is 2. The van der Waals surface area contributed by atoms with E-state index in [1.807, 2.05) is 11.9 Å². The van der Waals surface area contributed by atoms with Crippen molar-refractivity contribution in [2.24, 2.45) is 0 Å². The number of rotatable bonds is 6. The molecule has 11 heteroatoms. The summed E-state index contributed by atoms with van der Waals surface area (Å²) < 4.78 is 26.0. The average Bonchev–Trinajstić information content (AvgIpc) is 3.20. The van der Waals surface area contributed by atoms with Gasteiger partial charge in [0.05, 0.1) is 6.61 Å². The Morgan fingerprint density at radius 1 is 1.22 bits per heavy atom. The Bertz CT molecular complexity index is 973. The van der Waals surface area contributed by atoms with E-state index in [4.69, 9.17) is 9.47 Å². The molecule has 1 aromatic heterocycles. The summed E-state index contributed by atoms with van der Waals surface area (Å²) in [7, 11) is 2.03. The Morgan fingerprint density at radius 3 is 2.84 bits per heavy atom. The maximum Gasteiger partial charge on any atom is 0.320 e. The predicted molar refractivity (Wildman–Crippen MR) is 114 cm³/mol. The number of halogens is 1. The van der Waals surface area contributed by atoms with Crippen LogP contribution in [0.2, 0.25) is 0 Å². The third-order valence-corrected chi connectivity index (χ3v) is 5.47. The maximum atomic E-state index is 13.8. The fraction of sp³-hybridized carbons (Fsp3) is 0.476. The first-order chi connectivity index (χ1) is 15.5. The fourth-order valence-corrected chi connectivity index (χ4v) is 3.72. The van der Waals surface area contributed by atoms with E-state index < -0.39 is 6.03 Å². The minimum atomic E-state index is -0.435. The molecule has 0 saturated carbocycles. The zero-order valence-corrected chi connectivity index (χ0v) is 18.0. The molecule has 172 valence electrons. The molecule has 2 aliphatic rings. The van der Waals surface area contributed by atoms with E-state index in [-0.39, 0.29) is 31.6 Å². The summed E-state index contributed by atoms with van der Waals surface area (Å²) in [5.41, 5.74) is 1.34. The van der Waals surface area contributed by atoms with Gasteiger partial charge in [0.15, 0.2) is 12.6 Å². The van der Waals surface area contributed by atoms with Gasteiger partial charge in [0.25, 0.3) is 0 Å². The van der Waals surface area contributed by atoms with Crippen LogP contribution in [0.4, 0.5) is 15.0 Å². The Morgan fingerprint density at radius 2 is 2.03 bits per heavy atom. The van der Waals surface area contributed by atoms with Gasteiger partial charge in [0, 0.05) is 50.6 Å². The normalized spacial score (nSPS) is 16.2. The van der Waals surface area contributed by atoms with Gasteiger partial charge in [0.1, 0.15) is 18.1 Å². The maximum absolute atomic E-state index is 13.8. The first-order valence-corrected chi connectivity index (χ1v) is 10.5. The van der Waals surface area contributed by atoms with Crippen LogP contribution in [-0.2, 0) is 29.1 Å². The summed E-state index contributed by atoms with van der Waals surface area (Å²) >= 11 is 0. The van der Waals surface area contributed by atoms with Crippen molar-refractivity contribution >= 4 is 17.8 Å². The molecule has 3 amide bonds. The number of amides is 3. The van der Waals surface area contributed by atoms with Gasteiger partial charge in [-0.2, -0.15) is 5.10 Å². The van der Waals surface area contributed by atoms with Crippen molar-refractivity contribution in [3.8, 4) is 5.75 Å². The largest absolute Gasteiger partial charge is 0.467 e. The minimum absolute atomic E-state index is 0.00301. The van der Waals surface area contributed by atoms with E-state index >= 15 is 0 Å². The second-order valence-electron chi connectivity index (χ2n) is 7.88. The second kappa shape index (κ2) is 9.96. The van der Waals surface area contributed by atoms with E-state index in [2.05, 4.69) is 20.6 Å². The van der Waals surface area contributed by atoms with Crippen LogP contribution in [0, 0.1) is 5.82 Å². The van der Waals surface area contributed by atoms with Gasteiger partial charge in [-0.05, 0) is 31.2 Å². The van der Waals surface area contributed by atoms with Gasteiger partial charge in [0.2, 0.25) is 5.91 Å². The van der Waals surface area contributed by atoms with Crippen LogP contribution in [0.1, 0.15) is 11.1 Å². The average molecular weight is 446 g/mol. The Hall–Kier alpha value is -3.18. The molecule has 10 nitrogen and oxygen atoms in total. The van der Waals surface area contributed by atoms with Gasteiger partial charge < -0.3 is 24.6 Å². The molecular formula is C21H27FN6O4. The van der Waals surface area contributed by atoms with Crippen molar-refractivity contribution < 1.29 is 23.5 Å². The second-order valence-corrected chi connectivity index (χ2v) is 7.88. The summed E-state index contributed by atoms with van der Waals surface area (Å²) in [6.45, 7) is 3.96. The monoisotopic (exact) mass is 446 g/mol. The Kier molecular flexibility index (Phi) is 6.86. The summed E-state index contributed by atoms with van der Waals surface area (Å²) in [6.07, 6.45) is 2.06. The molecular weight excluding hydrogens is 419 g/mol. The zero-order chi connectivity index (χ0) is 22.5. The van der Waals surface area contributed by atoms with E-state index in [1.54, 1.807) is 12.3 Å². The van der Waals surface area contributed by atoms with Gasteiger partial charge in [-0.3, -0.25) is 14.8 Å². The van der Waals surface area contributed by atoms with E-state index in [1.165, 1.54) is 16.8 Å². The van der Waals surface area contributed by atoms with E-state index in [9.17, 15) is 14.0 Å². The lowest BCUT2D eigenvalue weighted by Crippen LogP contribution is -2.48. The zero-order valence-electron chi connectivity index (χ0n) is 18.0. The van der Waals surface area contributed by atoms with Crippen LogP contribution < -0.4 is 15.4 Å². The first kappa shape index (κ1) is 22.0. The van der Waals surface area contributed by atoms with Crippen LogP contribution in [0.15, 0.2) is 24.4 Å². The molecule has 0 radical (unpaired) electrons. The molecule has 0 aliphatic carbocycles. The third kappa shape index (κ3) is 5.54. The lowest BCUT2D eigenvalue weighted by Gasteiger charge is -2.32. The summed E-state index contributed by atoms with van der Waals surface area (Å²) in [5.74, 6) is 0.595. The molecule has 2 aliphatic heterocycles. The highest BCUT2D eigenvalue weighted by atomic mass is 19.1. The van der Waals surface area contributed by atoms with E-state index in [0.29, 0.717) is 48.8 Å². The lowest BCUT2D eigenvalue weighted by molar-refractivity contribution is -0.133. The number of anilines is 1. The minimum Gasteiger partial charge on any atom is -0.467 e. The van der Waals surface area contributed by atoms with Crippen molar-refractivity contribution in [2.45, 2.75) is 19.6 Å². The van der Waals surface area contributed by atoms with E-state index in [0.717, 1.165) is 13.1 Å². The number of carbonyl (C=O) groups excluding carboxylic acids is 2. The number of piperazine rings is 1. The van der Waals surface area contributed by atoms with Crippen LogP contribution in [0.3, 0.4) is 0 Å². The van der Waals surface area contributed by atoms with Gasteiger partial charge in [-0.25, -0.2) is 9.18 Å². The number of fused-ring (bicyclic) bond motifs is 1. The summed E-state index contributed by atoms with van der Waals surface area (Å²) in [4.78, 5) is 28.6. The molecule has 32 heavy (non-hydrogen) atoms. The van der Waals surface area contributed by atoms with Gasteiger partial charge >= 0.3 is 6.03 Å². The van der Waals surface area contributed by atoms with Gasteiger partial charge in [-0.1, -0.05) is 0 Å². The SMILES string of the molecule is CN1CCN(C(=O)Cn2ccc(NC(=O)NCCc3cc(F)cc4c3OCOC4)n2)CC1. The Labute approximate surface area is 185 Å². The topological polar surface area (TPSA) is 101 Å². The molecule has 2 aromatic rings. The molecule has 0 spiro atoms. The van der Waals surface area contributed by atoms with Crippen molar-refractivity contribution in [3.05, 3.63) is 41.3 Å². The molecule has 0 atom stereocenters. The molecule has 1 saturated heterocycles. The molecule has 1 fully saturated rings. The number of hydrogen-bond acceptors (Lipinski definition) is 6. The number of aromatic nitrogens is 2. The van der Waals surface area contributed by atoms with Crippen LogP contribution in [-0.4, -0.2) is 78.1 Å². The lowest BCUT2D eigenvalue weighted by atomic mass is 10.1. The molecule has 3 heterocycles.